The van der Waals surface area contributed by atoms with E-state index in [0.717, 1.165) is 24.4 Å². The van der Waals surface area contributed by atoms with Crippen LogP contribution in [-0.2, 0) is 6.54 Å². The summed E-state index contributed by atoms with van der Waals surface area (Å²) in [6.07, 6.45) is 3.59. The quantitative estimate of drug-likeness (QED) is 0.270. The van der Waals surface area contributed by atoms with E-state index in [1.807, 2.05) is 18.2 Å². The zero-order chi connectivity index (χ0) is 16.4. The molecule has 0 atom stereocenters. The molecule has 0 heterocycles. The number of hydrogen-bond donors (Lipinski definition) is 2. The van der Waals surface area contributed by atoms with Gasteiger partial charge in [0.25, 0.3) is 0 Å². The van der Waals surface area contributed by atoms with E-state index >= 15 is 0 Å². The molecular weight excluding hydrogens is 405 g/mol. The van der Waals surface area contributed by atoms with E-state index in [-0.39, 0.29) is 24.0 Å². The highest BCUT2D eigenvalue weighted by Crippen LogP contribution is 2.27. The molecule has 0 unspecified atom stereocenters. The van der Waals surface area contributed by atoms with Gasteiger partial charge in [-0.05, 0) is 30.0 Å². The van der Waals surface area contributed by atoms with Gasteiger partial charge in [0.05, 0.1) is 20.8 Å². The summed E-state index contributed by atoms with van der Waals surface area (Å²) in [5.41, 5.74) is 6.90. The fourth-order valence-corrected chi connectivity index (χ4v) is 2.11. The number of halogens is 1. The highest BCUT2D eigenvalue weighted by molar-refractivity contribution is 14.0. The van der Waals surface area contributed by atoms with Gasteiger partial charge in [0.2, 0.25) is 0 Å². The first kappa shape index (κ1) is 21.8. The van der Waals surface area contributed by atoms with E-state index in [4.69, 9.17) is 15.2 Å². The summed E-state index contributed by atoms with van der Waals surface area (Å²) >= 11 is 0. The van der Waals surface area contributed by atoms with Crippen LogP contribution in [0.25, 0.3) is 0 Å². The number of nitrogens with zero attached hydrogens (tertiary/aromatic N) is 1. The Morgan fingerprint density at radius 2 is 1.87 bits per heavy atom. The molecule has 0 saturated heterocycles. The number of rotatable bonds is 9. The van der Waals surface area contributed by atoms with Crippen LogP contribution >= 0.6 is 24.0 Å². The summed E-state index contributed by atoms with van der Waals surface area (Å²) in [6.45, 7) is 5.87. The Hall–Kier alpha value is -1.18. The molecule has 1 aromatic rings. The number of benzene rings is 1. The van der Waals surface area contributed by atoms with Gasteiger partial charge in [0.1, 0.15) is 0 Å². The van der Waals surface area contributed by atoms with Gasteiger partial charge >= 0.3 is 0 Å². The summed E-state index contributed by atoms with van der Waals surface area (Å²) in [5, 5.41) is 3.15. The zero-order valence-corrected chi connectivity index (χ0v) is 16.9. The molecule has 1 rings (SSSR count). The highest BCUT2D eigenvalue weighted by atomic mass is 127. The first-order valence-corrected chi connectivity index (χ1v) is 7.81. The summed E-state index contributed by atoms with van der Waals surface area (Å²) in [7, 11) is 3.24. The lowest BCUT2D eigenvalue weighted by molar-refractivity contribution is 0.354. The van der Waals surface area contributed by atoms with Crippen LogP contribution in [-0.4, -0.2) is 26.7 Å². The van der Waals surface area contributed by atoms with Crippen LogP contribution in [0.1, 0.15) is 38.7 Å². The monoisotopic (exact) mass is 435 g/mol. The first-order chi connectivity index (χ1) is 10.6. The number of nitrogens with two attached hydrogens (primary N) is 1. The Labute approximate surface area is 157 Å². The molecule has 0 saturated carbocycles. The van der Waals surface area contributed by atoms with Gasteiger partial charge < -0.3 is 20.5 Å². The SMILES string of the molecule is COc1ccc(CN=C(N)NCCCCC(C)C)cc1OC.I. The van der Waals surface area contributed by atoms with Gasteiger partial charge in [-0.25, -0.2) is 4.99 Å². The lowest BCUT2D eigenvalue weighted by Gasteiger charge is -2.09. The van der Waals surface area contributed by atoms with Crippen LogP contribution in [0.2, 0.25) is 0 Å². The van der Waals surface area contributed by atoms with Crippen molar-refractivity contribution in [2.45, 2.75) is 39.7 Å². The van der Waals surface area contributed by atoms with Crippen LogP contribution in [0.3, 0.4) is 0 Å². The predicted octanol–water partition coefficient (Wildman–Crippen LogP) is 3.55. The van der Waals surface area contributed by atoms with E-state index in [1.54, 1.807) is 14.2 Å². The number of unbranched alkanes of at least 4 members (excludes halogenated alkanes) is 1. The topological polar surface area (TPSA) is 68.9 Å². The van der Waals surface area contributed by atoms with E-state index < -0.39 is 0 Å². The lowest BCUT2D eigenvalue weighted by Crippen LogP contribution is -2.32. The first-order valence-electron chi connectivity index (χ1n) is 7.81. The second-order valence-corrected chi connectivity index (χ2v) is 5.71. The Morgan fingerprint density at radius 1 is 1.17 bits per heavy atom. The molecule has 0 aliphatic rings. The number of hydrogen-bond acceptors (Lipinski definition) is 3. The van der Waals surface area contributed by atoms with E-state index in [9.17, 15) is 0 Å². The second-order valence-electron chi connectivity index (χ2n) is 5.71. The molecule has 1 aromatic carbocycles. The smallest absolute Gasteiger partial charge is 0.188 e. The number of guanidine groups is 1. The van der Waals surface area contributed by atoms with Gasteiger partial charge in [0, 0.05) is 6.54 Å². The fourth-order valence-electron chi connectivity index (χ4n) is 2.11. The molecule has 0 fully saturated rings. The van der Waals surface area contributed by atoms with Crippen molar-refractivity contribution in [3.05, 3.63) is 23.8 Å². The molecule has 23 heavy (non-hydrogen) atoms. The molecular formula is C17H30IN3O2. The van der Waals surface area contributed by atoms with Crippen molar-refractivity contribution < 1.29 is 9.47 Å². The number of methoxy groups -OCH3 is 2. The van der Waals surface area contributed by atoms with Crippen LogP contribution in [0.4, 0.5) is 0 Å². The maximum atomic E-state index is 5.87. The normalized spacial score (nSPS) is 11.1. The highest BCUT2D eigenvalue weighted by Gasteiger charge is 2.04. The Morgan fingerprint density at radius 3 is 2.48 bits per heavy atom. The lowest BCUT2D eigenvalue weighted by atomic mass is 10.1. The molecule has 0 aliphatic carbocycles. The largest absolute Gasteiger partial charge is 0.493 e. The van der Waals surface area contributed by atoms with Crippen molar-refractivity contribution in [1.82, 2.24) is 5.32 Å². The maximum Gasteiger partial charge on any atom is 0.188 e. The Bertz CT molecular complexity index is 479. The maximum absolute atomic E-state index is 5.87. The van der Waals surface area contributed by atoms with Crippen molar-refractivity contribution in [2.24, 2.45) is 16.6 Å². The molecule has 0 spiro atoms. The molecule has 0 amide bonds. The van der Waals surface area contributed by atoms with Crippen LogP contribution in [0, 0.1) is 5.92 Å². The second kappa shape index (κ2) is 12.3. The van der Waals surface area contributed by atoms with Crippen LogP contribution < -0.4 is 20.5 Å². The molecule has 6 heteroatoms. The summed E-state index contributed by atoms with van der Waals surface area (Å²) in [4.78, 5) is 4.34. The zero-order valence-electron chi connectivity index (χ0n) is 14.6. The van der Waals surface area contributed by atoms with E-state index in [0.29, 0.717) is 24.0 Å². The minimum absolute atomic E-state index is 0. The van der Waals surface area contributed by atoms with Crippen molar-refractivity contribution in [1.29, 1.82) is 0 Å². The Balaban J connectivity index is 0.00000484. The molecule has 0 radical (unpaired) electrons. The average Bonchev–Trinajstić information content (AvgIpc) is 2.51. The molecule has 0 aromatic heterocycles. The third kappa shape index (κ3) is 8.88. The fraction of sp³-hybridized carbons (Fsp3) is 0.588. The van der Waals surface area contributed by atoms with Crippen molar-refractivity contribution in [3.63, 3.8) is 0 Å². The number of ether oxygens (including phenoxy) is 2. The van der Waals surface area contributed by atoms with Crippen LogP contribution in [0.15, 0.2) is 23.2 Å². The van der Waals surface area contributed by atoms with Gasteiger partial charge in [-0.2, -0.15) is 0 Å². The Kier molecular flexibility index (Phi) is 11.6. The van der Waals surface area contributed by atoms with E-state index in [2.05, 4.69) is 24.2 Å². The van der Waals surface area contributed by atoms with Crippen molar-refractivity contribution >= 4 is 29.9 Å². The number of nitrogens with one attached hydrogen (secondary N) is 1. The minimum Gasteiger partial charge on any atom is -0.493 e. The summed E-state index contributed by atoms with van der Waals surface area (Å²) < 4.78 is 10.5. The third-order valence-electron chi connectivity index (χ3n) is 3.39. The van der Waals surface area contributed by atoms with Crippen molar-refractivity contribution in [3.8, 4) is 11.5 Å². The van der Waals surface area contributed by atoms with Crippen LogP contribution in [0.5, 0.6) is 11.5 Å². The van der Waals surface area contributed by atoms with Gasteiger partial charge in [-0.15, -0.1) is 24.0 Å². The number of aliphatic imine (C=N–C) groups is 1. The van der Waals surface area contributed by atoms with Gasteiger partial charge in [-0.1, -0.05) is 32.8 Å². The van der Waals surface area contributed by atoms with E-state index in [1.165, 1.54) is 12.8 Å². The molecule has 0 aliphatic heterocycles. The third-order valence-corrected chi connectivity index (χ3v) is 3.39. The van der Waals surface area contributed by atoms with Gasteiger partial charge in [-0.3, -0.25) is 0 Å². The predicted molar refractivity (Wildman–Crippen MR) is 107 cm³/mol. The molecule has 5 nitrogen and oxygen atoms in total. The summed E-state index contributed by atoms with van der Waals surface area (Å²) in [6, 6.07) is 5.75. The van der Waals surface area contributed by atoms with Gasteiger partial charge in [0.15, 0.2) is 17.5 Å². The average molecular weight is 435 g/mol. The minimum atomic E-state index is 0. The van der Waals surface area contributed by atoms with Crippen molar-refractivity contribution in [2.75, 3.05) is 20.8 Å². The summed E-state index contributed by atoms with van der Waals surface area (Å²) in [5.74, 6) is 2.66. The standard InChI is InChI=1S/C17H29N3O2.HI/c1-13(2)7-5-6-10-19-17(18)20-12-14-8-9-15(21-3)16(11-14)22-4;/h8-9,11,13H,5-7,10,12H2,1-4H3,(H3,18,19,20);1H. The molecule has 3 N–H and O–H groups in total. The molecule has 132 valence electrons. The molecule has 0 bridgehead atoms.